The highest BCUT2D eigenvalue weighted by atomic mass is 19.1. The van der Waals surface area contributed by atoms with E-state index in [4.69, 9.17) is 5.73 Å². The van der Waals surface area contributed by atoms with Crippen LogP contribution in [0.3, 0.4) is 0 Å². The Balaban J connectivity index is 1.54. The van der Waals surface area contributed by atoms with Crippen LogP contribution in [0.25, 0.3) is 10.9 Å². The summed E-state index contributed by atoms with van der Waals surface area (Å²) >= 11 is 0. The number of benzene rings is 1. The molecule has 2 aromatic rings. The minimum absolute atomic E-state index is 0.281. The second-order valence-electron chi connectivity index (χ2n) is 6.88. The molecule has 1 aromatic carbocycles. The van der Waals surface area contributed by atoms with Crippen molar-refractivity contribution in [1.82, 2.24) is 4.98 Å². The molecule has 4 heteroatoms. The van der Waals surface area contributed by atoms with Crippen molar-refractivity contribution in [1.29, 1.82) is 0 Å². The van der Waals surface area contributed by atoms with E-state index in [1.165, 1.54) is 25.3 Å². The third-order valence-electron chi connectivity index (χ3n) is 5.92. The van der Waals surface area contributed by atoms with E-state index < -0.39 is 0 Å². The Labute approximate surface area is 122 Å². The molecule has 1 heterocycles. The maximum absolute atomic E-state index is 14.4. The van der Waals surface area contributed by atoms with Crippen LogP contribution in [0.5, 0.6) is 0 Å². The second kappa shape index (κ2) is 3.87. The number of rotatable bonds is 2. The fourth-order valence-corrected chi connectivity index (χ4v) is 5.06. The van der Waals surface area contributed by atoms with Crippen LogP contribution in [-0.2, 0) is 0 Å². The summed E-state index contributed by atoms with van der Waals surface area (Å²) in [7, 11) is 0. The van der Waals surface area contributed by atoms with Gasteiger partial charge in [-0.3, -0.25) is 4.98 Å². The number of hydrogen-bond acceptors (Lipinski definition) is 3. The molecular weight excluding hydrogens is 265 g/mol. The van der Waals surface area contributed by atoms with Crippen molar-refractivity contribution in [2.45, 2.75) is 25.3 Å². The van der Waals surface area contributed by atoms with Gasteiger partial charge in [-0.15, -0.1) is 0 Å². The van der Waals surface area contributed by atoms with Crippen molar-refractivity contribution < 1.29 is 4.39 Å². The summed E-state index contributed by atoms with van der Waals surface area (Å²) in [5.41, 5.74) is 7.57. The van der Waals surface area contributed by atoms with E-state index in [0.29, 0.717) is 22.9 Å². The lowest BCUT2D eigenvalue weighted by atomic mass is 10.0. The van der Waals surface area contributed by atoms with Gasteiger partial charge in [0, 0.05) is 23.3 Å². The Kier molecular flexibility index (Phi) is 2.17. The number of anilines is 2. The predicted molar refractivity (Wildman–Crippen MR) is 81.3 cm³/mol. The molecule has 3 saturated carbocycles. The number of nitrogens with zero attached hydrogens (tertiary/aromatic N) is 1. The number of nitrogen functional groups attached to an aromatic ring is 1. The molecule has 108 valence electrons. The van der Waals surface area contributed by atoms with Crippen molar-refractivity contribution in [3.63, 3.8) is 0 Å². The topological polar surface area (TPSA) is 50.9 Å². The van der Waals surface area contributed by atoms with Crippen LogP contribution in [0, 0.1) is 29.5 Å². The number of halogens is 1. The van der Waals surface area contributed by atoms with Crippen LogP contribution in [0.4, 0.5) is 15.8 Å². The molecular formula is C17H18FN3. The quantitative estimate of drug-likeness (QED) is 0.830. The minimum atomic E-state index is -0.281. The highest BCUT2D eigenvalue weighted by molar-refractivity contribution is 5.98. The molecule has 3 aliphatic rings. The fourth-order valence-electron chi connectivity index (χ4n) is 5.06. The van der Waals surface area contributed by atoms with Gasteiger partial charge in [0.2, 0.25) is 0 Å². The number of nitrogens with one attached hydrogen (secondary N) is 1. The zero-order chi connectivity index (χ0) is 14.1. The van der Waals surface area contributed by atoms with Crippen molar-refractivity contribution in [3.8, 4) is 0 Å². The van der Waals surface area contributed by atoms with Gasteiger partial charge in [0.15, 0.2) is 5.82 Å². The van der Waals surface area contributed by atoms with Crippen molar-refractivity contribution >= 4 is 22.3 Å². The van der Waals surface area contributed by atoms with E-state index in [0.717, 1.165) is 29.1 Å². The lowest BCUT2D eigenvalue weighted by Crippen LogP contribution is -2.14. The summed E-state index contributed by atoms with van der Waals surface area (Å²) in [6.45, 7) is 0. The molecule has 0 spiro atoms. The highest BCUT2D eigenvalue weighted by Crippen LogP contribution is 2.66. The number of nitrogens with two attached hydrogens (primary N) is 1. The third-order valence-corrected chi connectivity index (χ3v) is 5.92. The molecule has 0 amide bonds. The molecule has 5 rings (SSSR count). The van der Waals surface area contributed by atoms with Crippen molar-refractivity contribution in [3.05, 3.63) is 30.2 Å². The smallest absolute Gasteiger partial charge is 0.150 e. The molecule has 0 saturated heterocycles. The average molecular weight is 283 g/mol. The molecule has 0 radical (unpaired) electrons. The zero-order valence-corrected chi connectivity index (χ0v) is 11.7. The molecule has 3 fully saturated rings. The van der Waals surface area contributed by atoms with Gasteiger partial charge in [-0.2, -0.15) is 0 Å². The molecule has 21 heavy (non-hydrogen) atoms. The number of pyridine rings is 1. The Morgan fingerprint density at radius 1 is 1.24 bits per heavy atom. The van der Waals surface area contributed by atoms with E-state index in [9.17, 15) is 4.39 Å². The Morgan fingerprint density at radius 2 is 2.00 bits per heavy atom. The molecule has 4 atom stereocenters. The van der Waals surface area contributed by atoms with Gasteiger partial charge in [-0.25, -0.2) is 4.39 Å². The van der Waals surface area contributed by atoms with Gasteiger partial charge >= 0.3 is 0 Å². The van der Waals surface area contributed by atoms with E-state index in [-0.39, 0.29) is 5.82 Å². The van der Waals surface area contributed by atoms with Crippen LogP contribution in [0.15, 0.2) is 24.4 Å². The molecule has 0 aliphatic heterocycles. The van der Waals surface area contributed by atoms with Crippen LogP contribution >= 0.6 is 0 Å². The predicted octanol–water partition coefficient (Wildman–Crippen LogP) is 3.41. The largest absolute Gasteiger partial charge is 0.398 e. The fraction of sp³-hybridized carbons (Fsp3) is 0.471. The molecule has 3 aliphatic carbocycles. The Hall–Kier alpha value is -1.84. The molecule has 3 N–H and O–H groups in total. The lowest BCUT2D eigenvalue weighted by Gasteiger charge is -2.15. The van der Waals surface area contributed by atoms with Gasteiger partial charge in [0.1, 0.15) is 0 Å². The third kappa shape index (κ3) is 1.50. The van der Waals surface area contributed by atoms with Crippen LogP contribution in [0.1, 0.15) is 19.3 Å². The Bertz CT molecular complexity index is 728. The zero-order valence-electron chi connectivity index (χ0n) is 11.7. The first-order valence-corrected chi connectivity index (χ1v) is 7.83. The van der Waals surface area contributed by atoms with Gasteiger partial charge in [0.05, 0.1) is 11.2 Å². The summed E-state index contributed by atoms with van der Waals surface area (Å²) in [6, 6.07) is 5.60. The van der Waals surface area contributed by atoms with Gasteiger partial charge in [-0.1, -0.05) is 0 Å². The monoisotopic (exact) mass is 283 g/mol. The highest BCUT2D eigenvalue weighted by Gasteiger charge is 2.65. The summed E-state index contributed by atoms with van der Waals surface area (Å²) in [4.78, 5) is 4.35. The van der Waals surface area contributed by atoms with Gasteiger partial charge in [0.25, 0.3) is 0 Å². The molecule has 4 unspecified atom stereocenters. The van der Waals surface area contributed by atoms with Crippen molar-refractivity contribution in [2.24, 2.45) is 23.7 Å². The summed E-state index contributed by atoms with van der Waals surface area (Å²) in [5.74, 6) is 2.98. The van der Waals surface area contributed by atoms with E-state index in [1.807, 2.05) is 12.1 Å². The average Bonchev–Trinajstić information content (AvgIpc) is 2.87. The first-order chi connectivity index (χ1) is 10.2. The van der Waals surface area contributed by atoms with Crippen LogP contribution in [0.2, 0.25) is 0 Å². The van der Waals surface area contributed by atoms with E-state index in [1.54, 1.807) is 6.20 Å². The van der Waals surface area contributed by atoms with Gasteiger partial charge in [-0.05, 0) is 61.1 Å². The lowest BCUT2D eigenvalue weighted by molar-refractivity contribution is 0.456. The summed E-state index contributed by atoms with van der Waals surface area (Å²) in [5, 5.41) is 4.29. The van der Waals surface area contributed by atoms with E-state index >= 15 is 0 Å². The minimum Gasteiger partial charge on any atom is -0.398 e. The molecule has 2 bridgehead atoms. The Morgan fingerprint density at radius 3 is 2.76 bits per heavy atom. The van der Waals surface area contributed by atoms with Crippen LogP contribution < -0.4 is 11.1 Å². The standard InChI is InChI=1S/C17H18FN3/c18-11-7-12(19)10-2-1-5-20-15(10)16(11)21-17-13-8-3-4-9(6-8)14(13)17/h1-2,5,7-9,13-14,17,21H,3-4,6,19H2. The SMILES string of the molecule is Nc1cc(F)c(NC2C3C4CCC(C4)C23)c2ncccc12. The van der Waals surface area contributed by atoms with Crippen molar-refractivity contribution in [2.75, 3.05) is 11.1 Å². The molecule has 1 aromatic heterocycles. The van der Waals surface area contributed by atoms with Gasteiger partial charge < -0.3 is 11.1 Å². The maximum Gasteiger partial charge on any atom is 0.150 e. The first kappa shape index (κ1) is 11.8. The number of aromatic nitrogens is 1. The maximum atomic E-state index is 14.4. The van der Waals surface area contributed by atoms with Crippen LogP contribution in [-0.4, -0.2) is 11.0 Å². The number of hydrogen-bond donors (Lipinski definition) is 2. The number of fused-ring (bicyclic) bond motifs is 6. The summed E-state index contributed by atoms with van der Waals surface area (Å²) in [6.07, 6.45) is 5.83. The summed E-state index contributed by atoms with van der Waals surface area (Å²) < 4.78 is 14.4. The first-order valence-electron chi connectivity index (χ1n) is 7.83. The molecule has 3 nitrogen and oxygen atoms in total. The second-order valence-corrected chi connectivity index (χ2v) is 6.88. The van der Waals surface area contributed by atoms with E-state index in [2.05, 4.69) is 10.3 Å². The normalized spacial score (nSPS) is 36.0.